The normalized spacial score (nSPS) is 21.9. The Bertz CT molecular complexity index is 532. The Labute approximate surface area is 99.6 Å². The van der Waals surface area contributed by atoms with Gasteiger partial charge in [0.15, 0.2) is 15.5 Å². The molecule has 2 heterocycles. The van der Waals surface area contributed by atoms with Gasteiger partial charge in [0.2, 0.25) is 0 Å². The third-order valence-corrected chi connectivity index (χ3v) is 5.02. The lowest BCUT2D eigenvalue weighted by Crippen LogP contribution is -2.25. The molecule has 1 atom stereocenters. The molecule has 0 amide bonds. The van der Waals surface area contributed by atoms with E-state index in [0.717, 1.165) is 6.42 Å². The monoisotopic (exact) mass is 252 g/mol. The van der Waals surface area contributed by atoms with Crippen LogP contribution in [0.15, 0.2) is 12.4 Å². The van der Waals surface area contributed by atoms with Crippen molar-refractivity contribution in [1.29, 1.82) is 5.26 Å². The van der Waals surface area contributed by atoms with Crippen molar-refractivity contribution in [3.63, 3.8) is 0 Å². The minimum Gasteiger partial charge on any atom is -0.367 e. The van der Waals surface area contributed by atoms with Gasteiger partial charge < -0.3 is 5.32 Å². The van der Waals surface area contributed by atoms with Crippen LogP contribution in [0.4, 0.5) is 5.82 Å². The van der Waals surface area contributed by atoms with Gasteiger partial charge in [-0.25, -0.2) is 18.4 Å². The van der Waals surface area contributed by atoms with Gasteiger partial charge in [-0.15, -0.1) is 0 Å². The van der Waals surface area contributed by atoms with Crippen LogP contribution in [0.2, 0.25) is 0 Å². The Morgan fingerprint density at radius 2 is 2.29 bits per heavy atom. The van der Waals surface area contributed by atoms with Gasteiger partial charge in [-0.05, 0) is 12.8 Å². The van der Waals surface area contributed by atoms with Crippen molar-refractivity contribution in [2.75, 3.05) is 17.6 Å². The number of rotatable bonds is 3. The molecule has 0 radical (unpaired) electrons. The van der Waals surface area contributed by atoms with Gasteiger partial charge in [-0.1, -0.05) is 0 Å². The zero-order valence-electron chi connectivity index (χ0n) is 9.13. The van der Waals surface area contributed by atoms with Crippen molar-refractivity contribution >= 4 is 15.7 Å². The highest BCUT2D eigenvalue weighted by atomic mass is 32.2. The molecule has 1 saturated heterocycles. The summed E-state index contributed by atoms with van der Waals surface area (Å²) in [6.07, 6.45) is 4.21. The predicted molar refractivity (Wildman–Crippen MR) is 62.0 cm³/mol. The number of anilines is 1. The molecular weight excluding hydrogens is 240 g/mol. The van der Waals surface area contributed by atoms with E-state index in [2.05, 4.69) is 15.3 Å². The van der Waals surface area contributed by atoms with E-state index >= 15 is 0 Å². The molecule has 1 aromatic rings. The third kappa shape index (κ3) is 2.71. The van der Waals surface area contributed by atoms with Crippen LogP contribution in [0.1, 0.15) is 18.5 Å². The number of hydrogen-bond donors (Lipinski definition) is 1. The van der Waals surface area contributed by atoms with Crippen LogP contribution in [0.5, 0.6) is 0 Å². The lowest BCUT2D eigenvalue weighted by molar-refractivity contribution is 0.591. The van der Waals surface area contributed by atoms with Gasteiger partial charge >= 0.3 is 0 Å². The predicted octanol–water partition coefficient (Wildman–Crippen LogP) is 0.337. The molecule has 90 valence electrons. The van der Waals surface area contributed by atoms with E-state index < -0.39 is 9.84 Å². The molecule has 17 heavy (non-hydrogen) atoms. The zero-order chi connectivity index (χ0) is 12.3. The highest BCUT2D eigenvalue weighted by molar-refractivity contribution is 7.92. The third-order valence-electron chi connectivity index (χ3n) is 2.74. The summed E-state index contributed by atoms with van der Waals surface area (Å²) < 4.78 is 23.1. The fraction of sp³-hybridized carbons (Fsp3) is 0.500. The van der Waals surface area contributed by atoms with Gasteiger partial charge in [0.05, 0.1) is 23.4 Å². The molecule has 1 fully saturated rings. The van der Waals surface area contributed by atoms with E-state index in [4.69, 9.17) is 5.26 Å². The smallest absolute Gasteiger partial charge is 0.158 e. The fourth-order valence-corrected chi connectivity index (χ4v) is 3.55. The minimum atomic E-state index is -2.93. The number of nitrogens with zero attached hydrogens (tertiary/aromatic N) is 3. The van der Waals surface area contributed by atoms with Gasteiger partial charge in [-0.2, -0.15) is 5.26 Å². The van der Waals surface area contributed by atoms with E-state index in [-0.39, 0.29) is 16.7 Å². The Morgan fingerprint density at radius 1 is 1.47 bits per heavy atom. The molecular formula is C10H12N4O2S. The molecule has 1 N–H and O–H groups in total. The number of nitrogens with one attached hydrogen (secondary N) is 1. The average Bonchev–Trinajstić information content (AvgIpc) is 2.66. The molecule has 1 aliphatic rings. The summed E-state index contributed by atoms with van der Waals surface area (Å²) in [5, 5.41) is 11.1. The van der Waals surface area contributed by atoms with E-state index in [0.29, 0.717) is 18.8 Å². The lowest BCUT2D eigenvalue weighted by Gasteiger charge is -2.10. The van der Waals surface area contributed by atoms with Gasteiger partial charge in [0.1, 0.15) is 11.9 Å². The molecule has 0 spiro atoms. The van der Waals surface area contributed by atoms with Crippen molar-refractivity contribution in [2.45, 2.75) is 18.1 Å². The lowest BCUT2D eigenvalue weighted by atomic mass is 10.2. The Kier molecular flexibility index (Phi) is 3.24. The summed E-state index contributed by atoms with van der Waals surface area (Å²) >= 11 is 0. The van der Waals surface area contributed by atoms with Crippen molar-refractivity contribution < 1.29 is 8.42 Å². The van der Waals surface area contributed by atoms with Crippen molar-refractivity contribution in [2.24, 2.45) is 0 Å². The molecule has 0 saturated carbocycles. The first-order valence-corrected chi connectivity index (χ1v) is 7.01. The zero-order valence-corrected chi connectivity index (χ0v) is 9.94. The summed E-state index contributed by atoms with van der Waals surface area (Å²) in [6, 6.07) is 1.87. The average molecular weight is 252 g/mol. The van der Waals surface area contributed by atoms with Crippen LogP contribution < -0.4 is 5.32 Å². The van der Waals surface area contributed by atoms with E-state index in [1.54, 1.807) is 0 Å². The second-order valence-electron chi connectivity index (χ2n) is 3.91. The molecule has 1 aliphatic heterocycles. The minimum absolute atomic E-state index is 0.240. The largest absolute Gasteiger partial charge is 0.367 e. The van der Waals surface area contributed by atoms with Gasteiger partial charge in [0.25, 0.3) is 0 Å². The molecule has 0 aliphatic carbocycles. The van der Waals surface area contributed by atoms with Crippen molar-refractivity contribution in [3.05, 3.63) is 18.1 Å². The van der Waals surface area contributed by atoms with E-state index in [1.165, 1.54) is 12.4 Å². The molecule has 1 aromatic heterocycles. The summed E-state index contributed by atoms with van der Waals surface area (Å²) in [5.74, 6) is 0.768. The van der Waals surface area contributed by atoms with Crippen LogP contribution in [0.3, 0.4) is 0 Å². The van der Waals surface area contributed by atoms with Crippen LogP contribution in [0.25, 0.3) is 0 Å². The fourth-order valence-electron chi connectivity index (χ4n) is 1.78. The summed E-state index contributed by atoms with van der Waals surface area (Å²) in [4.78, 5) is 7.81. The Balaban J connectivity index is 1.96. The highest BCUT2D eigenvalue weighted by Gasteiger charge is 2.30. The van der Waals surface area contributed by atoms with Crippen LogP contribution in [-0.4, -0.2) is 35.9 Å². The maximum absolute atomic E-state index is 11.6. The number of nitriles is 1. The molecule has 0 bridgehead atoms. The highest BCUT2D eigenvalue weighted by Crippen LogP contribution is 2.20. The summed E-state index contributed by atoms with van der Waals surface area (Å²) in [6.45, 7) is 0.350. The number of sulfone groups is 1. The van der Waals surface area contributed by atoms with Gasteiger partial charge in [0, 0.05) is 6.54 Å². The number of aromatic nitrogens is 2. The summed E-state index contributed by atoms with van der Waals surface area (Å²) in [7, 11) is -2.93. The SMILES string of the molecule is N#Cc1cnc(NCC2CCCS2(=O)=O)cn1. The molecule has 0 aromatic carbocycles. The van der Waals surface area contributed by atoms with Crippen LogP contribution >= 0.6 is 0 Å². The van der Waals surface area contributed by atoms with Crippen molar-refractivity contribution in [3.8, 4) is 6.07 Å². The quantitative estimate of drug-likeness (QED) is 0.833. The standard InChI is InChI=1S/C10H12N4O2S/c11-4-8-5-13-10(7-12-8)14-6-9-2-1-3-17(9,15)16/h5,7,9H,1-3,6H2,(H,13,14). The molecule has 7 heteroatoms. The van der Waals surface area contributed by atoms with Crippen LogP contribution in [0, 0.1) is 11.3 Å². The first-order valence-electron chi connectivity index (χ1n) is 5.29. The second kappa shape index (κ2) is 4.67. The molecule has 1 unspecified atom stereocenters. The molecule has 2 rings (SSSR count). The molecule has 6 nitrogen and oxygen atoms in total. The topological polar surface area (TPSA) is 95.7 Å². The Morgan fingerprint density at radius 3 is 2.82 bits per heavy atom. The van der Waals surface area contributed by atoms with E-state index in [9.17, 15) is 8.42 Å². The van der Waals surface area contributed by atoms with Crippen LogP contribution in [-0.2, 0) is 9.84 Å². The maximum atomic E-state index is 11.6. The van der Waals surface area contributed by atoms with E-state index in [1.807, 2.05) is 6.07 Å². The Hall–Kier alpha value is -1.68. The van der Waals surface area contributed by atoms with Gasteiger partial charge in [-0.3, -0.25) is 0 Å². The van der Waals surface area contributed by atoms with Crippen molar-refractivity contribution in [1.82, 2.24) is 9.97 Å². The number of hydrogen-bond acceptors (Lipinski definition) is 6. The summed E-state index contributed by atoms with van der Waals surface area (Å²) in [5.41, 5.74) is 0.240. The maximum Gasteiger partial charge on any atom is 0.158 e. The second-order valence-corrected chi connectivity index (χ2v) is 6.31. The first kappa shape index (κ1) is 11.8. The first-order chi connectivity index (χ1) is 8.12.